The smallest absolute Gasteiger partial charge is 0.249 e. The number of hydrogen-bond acceptors (Lipinski definition) is 6. The summed E-state index contributed by atoms with van der Waals surface area (Å²) in [7, 11) is -3.57. The zero-order chi connectivity index (χ0) is 16.4. The first-order valence-corrected chi connectivity index (χ1v) is 9.02. The molecule has 1 saturated heterocycles. The number of nitrogens with zero attached hydrogens (tertiary/aromatic N) is 3. The summed E-state index contributed by atoms with van der Waals surface area (Å²) >= 11 is 0. The topological polar surface area (TPSA) is 103 Å². The van der Waals surface area contributed by atoms with Crippen molar-refractivity contribution in [3.63, 3.8) is 0 Å². The largest absolute Gasteiger partial charge is 0.381 e. The summed E-state index contributed by atoms with van der Waals surface area (Å²) in [4.78, 5) is 16.4. The minimum Gasteiger partial charge on any atom is -0.381 e. The van der Waals surface area contributed by atoms with Crippen molar-refractivity contribution in [3.8, 4) is 0 Å². The molecule has 0 radical (unpaired) electrons. The van der Waals surface area contributed by atoms with Crippen LogP contribution in [0.3, 0.4) is 0 Å². The number of fused-ring (bicyclic) bond motifs is 1. The number of amides is 1. The standard InChI is InChI=1S/C14H18N4O4S/c1-10(23(20,21)11-5-8-22-9-6-11)13(19)16-14-15-12-4-2-3-7-18(12)17-14/h2-4,7,10-11H,5-6,8-9H2,1H3,(H,16,17,19). The zero-order valence-electron chi connectivity index (χ0n) is 12.7. The number of ether oxygens (including phenoxy) is 1. The van der Waals surface area contributed by atoms with Crippen LogP contribution in [0, 0.1) is 0 Å². The van der Waals surface area contributed by atoms with Gasteiger partial charge in [-0.25, -0.2) is 12.9 Å². The number of aromatic nitrogens is 3. The molecule has 3 rings (SSSR count). The van der Waals surface area contributed by atoms with Crippen molar-refractivity contribution in [2.24, 2.45) is 0 Å². The predicted octanol–water partition coefficient (Wildman–Crippen LogP) is 0.650. The van der Waals surface area contributed by atoms with Crippen LogP contribution in [0.15, 0.2) is 24.4 Å². The number of carbonyl (C=O) groups is 1. The lowest BCUT2D eigenvalue weighted by molar-refractivity contribution is -0.115. The van der Waals surface area contributed by atoms with Crippen molar-refractivity contribution < 1.29 is 17.9 Å². The molecule has 0 aliphatic carbocycles. The summed E-state index contributed by atoms with van der Waals surface area (Å²) in [5.41, 5.74) is 0.572. The fourth-order valence-electron chi connectivity index (χ4n) is 2.54. The van der Waals surface area contributed by atoms with Crippen LogP contribution >= 0.6 is 0 Å². The Morgan fingerprint density at radius 2 is 2.13 bits per heavy atom. The molecular formula is C14H18N4O4S. The highest BCUT2D eigenvalue weighted by molar-refractivity contribution is 7.93. The van der Waals surface area contributed by atoms with E-state index >= 15 is 0 Å². The maximum Gasteiger partial charge on any atom is 0.249 e. The van der Waals surface area contributed by atoms with Gasteiger partial charge in [-0.3, -0.25) is 10.1 Å². The van der Waals surface area contributed by atoms with E-state index in [-0.39, 0.29) is 5.95 Å². The van der Waals surface area contributed by atoms with Gasteiger partial charge in [0.05, 0.1) is 5.25 Å². The molecule has 1 atom stereocenters. The van der Waals surface area contributed by atoms with Crippen molar-refractivity contribution in [2.45, 2.75) is 30.3 Å². The molecule has 9 heteroatoms. The van der Waals surface area contributed by atoms with Gasteiger partial charge in [0.1, 0.15) is 5.25 Å². The summed E-state index contributed by atoms with van der Waals surface area (Å²) in [6.07, 6.45) is 2.54. The summed E-state index contributed by atoms with van der Waals surface area (Å²) in [5, 5.41) is 4.88. The van der Waals surface area contributed by atoms with Crippen LogP contribution in [0.25, 0.3) is 5.65 Å². The van der Waals surface area contributed by atoms with Gasteiger partial charge in [0.2, 0.25) is 11.9 Å². The number of sulfone groups is 1. The highest BCUT2D eigenvalue weighted by Crippen LogP contribution is 2.21. The van der Waals surface area contributed by atoms with E-state index in [4.69, 9.17) is 4.74 Å². The SMILES string of the molecule is CC(C(=O)Nc1nc2ccccn2n1)S(=O)(=O)C1CCOCC1. The Hall–Kier alpha value is -2.00. The number of carbonyl (C=O) groups excluding carboxylic acids is 1. The summed E-state index contributed by atoms with van der Waals surface area (Å²) in [6.45, 7) is 2.22. The molecule has 2 aromatic rings. The van der Waals surface area contributed by atoms with Gasteiger partial charge in [0, 0.05) is 19.4 Å². The second-order valence-electron chi connectivity index (χ2n) is 5.47. The van der Waals surface area contributed by atoms with Crippen LogP contribution in [-0.4, -0.2) is 52.6 Å². The van der Waals surface area contributed by atoms with E-state index in [0.717, 1.165) is 0 Å². The number of nitrogens with one attached hydrogen (secondary N) is 1. The molecule has 1 unspecified atom stereocenters. The molecule has 0 bridgehead atoms. The molecule has 3 heterocycles. The highest BCUT2D eigenvalue weighted by Gasteiger charge is 2.36. The Morgan fingerprint density at radius 1 is 1.39 bits per heavy atom. The summed E-state index contributed by atoms with van der Waals surface area (Å²) < 4.78 is 31.7. The number of pyridine rings is 1. The Morgan fingerprint density at radius 3 is 2.83 bits per heavy atom. The molecule has 124 valence electrons. The van der Waals surface area contributed by atoms with Gasteiger partial charge in [0.25, 0.3) is 0 Å². The average molecular weight is 338 g/mol. The summed E-state index contributed by atoms with van der Waals surface area (Å²) in [5.74, 6) is -0.525. The van der Waals surface area contributed by atoms with Crippen LogP contribution in [-0.2, 0) is 19.4 Å². The van der Waals surface area contributed by atoms with Crippen molar-refractivity contribution in [3.05, 3.63) is 24.4 Å². The monoisotopic (exact) mass is 338 g/mol. The van der Waals surface area contributed by atoms with Crippen molar-refractivity contribution in [1.29, 1.82) is 0 Å². The lowest BCUT2D eigenvalue weighted by Gasteiger charge is -2.24. The fraction of sp³-hybridized carbons (Fsp3) is 0.500. The summed E-state index contributed by atoms with van der Waals surface area (Å²) in [6, 6.07) is 5.32. The van der Waals surface area contributed by atoms with Crippen LogP contribution in [0.1, 0.15) is 19.8 Å². The van der Waals surface area contributed by atoms with Crippen molar-refractivity contribution in [1.82, 2.24) is 14.6 Å². The third-order valence-electron chi connectivity index (χ3n) is 3.97. The second kappa shape index (κ2) is 6.25. The van der Waals surface area contributed by atoms with Gasteiger partial charge in [-0.05, 0) is 31.9 Å². The molecule has 1 aliphatic rings. The molecule has 1 aliphatic heterocycles. The predicted molar refractivity (Wildman–Crippen MR) is 83.8 cm³/mol. The fourth-order valence-corrected chi connectivity index (χ4v) is 4.32. The number of hydrogen-bond donors (Lipinski definition) is 1. The number of anilines is 1. The van der Waals surface area contributed by atoms with Gasteiger partial charge < -0.3 is 4.74 Å². The van der Waals surface area contributed by atoms with E-state index in [1.165, 1.54) is 11.4 Å². The van der Waals surface area contributed by atoms with E-state index < -0.39 is 26.2 Å². The average Bonchev–Trinajstić information content (AvgIpc) is 2.97. The Balaban J connectivity index is 1.73. The molecule has 1 N–H and O–H groups in total. The van der Waals surface area contributed by atoms with Crippen molar-refractivity contribution in [2.75, 3.05) is 18.5 Å². The Labute approximate surface area is 133 Å². The second-order valence-corrected chi connectivity index (χ2v) is 8.02. The Bertz CT molecular complexity index is 778. The normalized spacial score (nSPS) is 18.0. The lowest BCUT2D eigenvalue weighted by atomic mass is 10.2. The van der Waals surface area contributed by atoms with Gasteiger partial charge in [-0.1, -0.05) is 6.07 Å². The third kappa shape index (κ3) is 3.20. The van der Waals surface area contributed by atoms with E-state index in [0.29, 0.717) is 31.7 Å². The van der Waals surface area contributed by atoms with Gasteiger partial charge >= 0.3 is 0 Å². The first kappa shape index (κ1) is 15.9. The maximum atomic E-state index is 12.5. The van der Waals surface area contributed by atoms with Crippen LogP contribution in [0.5, 0.6) is 0 Å². The third-order valence-corrected chi connectivity index (χ3v) is 6.57. The van der Waals surface area contributed by atoms with Crippen molar-refractivity contribution >= 4 is 27.3 Å². The first-order chi connectivity index (χ1) is 11.0. The van der Waals surface area contributed by atoms with Gasteiger partial charge in [-0.2, -0.15) is 4.98 Å². The Kier molecular flexibility index (Phi) is 4.31. The first-order valence-electron chi connectivity index (χ1n) is 7.41. The van der Waals surface area contributed by atoms with E-state index in [1.54, 1.807) is 24.4 Å². The van der Waals surface area contributed by atoms with Crippen LogP contribution in [0.4, 0.5) is 5.95 Å². The highest BCUT2D eigenvalue weighted by atomic mass is 32.2. The van der Waals surface area contributed by atoms with Crippen LogP contribution in [0.2, 0.25) is 0 Å². The minimum absolute atomic E-state index is 0.0928. The van der Waals surface area contributed by atoms with Gasteiger partial charge in [-0.15, -0.1) is 5.10 Å². The molecule has 0 spiro atoms. The maximum absolute atomic E-state index is 12.5. The van der Waals surface area contributed by atoms with E-state index in [1.807, 2.05) is 0 Å². The molecule has 1 fully saturated rings. The van der Waals surface area contributed by atoms with E-state index in [2.05, 4.69) is 15.4 Å². The van der Waals surface area contributed by atoms with E-state index in [9.17, 15) is 13.2 Å². The molecular weight excluding hydrogens is 320 g/mol. The molecule has 2 aromatic heterocycles. The molecule has 8 nitrogen and oxygen atoms in total. The quantitative estimate of drug-likeness (QED) is 0.878. The zero-order valence-corrected chi connectivity index (χ0v) is 13.5. The molecule has 1 amide bonds. The van der Waals surface area contributed by atoms with Crippen LogP contribution < -0.4 is 5.32 Å². The molecule has 23 heavy (non-hydrogen) atoms. The molecule has 0 saturated carbocycles. The minimum atomic E-state index is -3.57. The van der Waals surface area contributed by atoms with Gasteiger partial charge in [0.15, 0.2) is 15.5 Å². The molecule has 0 aromatic carbocycles. The lowest BCUT2D eigenvalue weighted by Crippen LogP contribution is -2.41. The number of rotatable bonds is 4.